The molecule has 2 rings (SSSR count). The number of likely N-dealkylation sites (N-methyl/N-ethyl adjacent to an activating group) is 1. The molecule has 0 saturated heterocycles. The molecule has 0 N–H and O–H groups in total. The highest BCUT2D eigenvalue weighted by atomic mass is 16.6. The van der Waals surface area contributed by atoms with Gasteiger partial charge in [-0.05, 0) is 67.3 Å². The third-order valence-electron chi connectivity index (χ3n) is 5.15. The Labute approximate surface area is 198 Å². The van der Waals surface area contributed by atoms with Gasteiger partial charge in [0.1, 0.15) is 12.1 Å². The minimum absolute atomic E-state index is 0.0844. The van der Waals surface area contributed by atoms with Gasteiger partial charge in [0.15, 0.2) is 0 Å². The first-order valence-electron chi connectivity index (χ1n) is 11.3. The van der Waals surface area contributed by atoms with Gasteiger partial charge in [0.25, 0.3) is 0 Å². The van der Waals surface area contributed by atoms with Crippen LogP contribution in [-0.4, -0.2) is 70.8 Å². The van der Waals surface area contributed by atoms with Crippen molar-refractivity contribution >= 4 is 18.0 Å². The van der Waals surface area contributed by atoms with Gasteiger partial charge >= 0.3 is 5.97 Å². The van der Waals surface area contributed by atoms with Gasteiger partial charge in [-0.1, -0.05) is 29.8 Å². The lowest BCUT2D eigenvalue weighted by Gasteiger charge is -2.25. The highest BCUT2D eigenvalue weighted by molar-refractivity contribution is 5.94. The summed E-state index contributed by atoms with van der Waals surface area (Å²) in [5.41, 5.74) is 4.56. The fourth-order valence-electron chi connectivity index (χ4n) is 3.35. The van der Waals surface area contributed by atoms with E-state index in [2.05, 4.69) is 36.3 Å². The Kier molecular flexibility index (Phi) is 8.99. The second-order valence-electron chi connectivity index (χ2n) is 9.71. The Morgan fingerprint density at radius 1 is 1.06 bits per heavy atom. The molecule has 0 fully saturated rings. The van der Waals surface area contributed by atoms with Crippen molar-refractivity contribution in [3.63, 3.8) is 0 Å². The molecule has 1 aromatic carbocycles. The maximum Gasteiger partial charge on any atom is 0.326 e. The molecule has 0 aliphatic rings. The molecule has 0 bridgehead atoms. The van der Waals surface area contributed by atoms with Gasteiger partial charge in [0, 0.05) is 30.4 Å². The second-order valence-corrected chi connectivity index (χ2v) is 9.71. The van der Waals surface area contributed by atoms with Crippen molar-refractivity contribution < 1.29 is 14.3 Å². The van der Waals surface area contributed by atoms with Crippen LogP contribution in [0, 0.1) is 20.8 Å². The molecule has 1 aromatic heterocycles. The van der Waals surface area contributed by atoms with Crippen LogP contribution in [0.5, 0.6) is 0 Å². The van der Waals surface area contributed by atoms with Crippen LogP contribution in [-0.2, 0) is 20.9 Å². The number of nitrogens with zero attached hydrogens (tertiary/aromatic N) is 4. The molecule has 0 spiro atoms. The van der Waals surface area contributed by atoms with Crippen LogP contribution in [0.15, 0.2) is 30.3 Å². The zero-order chi connectivity index (χ0) is 24.8. The third kappa shape index (κ3) is 8.50. The molecule has 7 nitrogen and oxygen atoms in total. The van der Waals surface area contributed by atoms with Crippen molar-refractivity contribution in [1.29, 1.82) is 0 Å². The number of ether oxygens (including phenoxy) is 1. The van der Waals surface area contributed by atoms with Gasteiger partial charge < -0.3 is 14.5 Å². The summed E-state index contributed by atoms with van der Waals surface area (Å²) >= 11 is 0. The van der Waals surface area contributed by atoms with E-state index in [0.717, 1.165) is 17.0 Å². The summed E-state index contributed by atoms with van der Waals surface area (Å²) in [5.74, 6) is -0.644. The summed E-state index contributed by atoms with van der Waals surface area (Å²) in [7, 11) is 3.86. The van der Waals surface area contributed by atoms with E-state index in [-0.39, 0.29) is 12.5 Å². The molecule has 0 atom stereocenters. The largest absolute Gasteiger partial charge is 0.459 e. The SMILES string of the molecule is Cc1ccc(Cn2nc(C)c(/C=C/C(=O)N(CCN(C)C)CC(=O)OC(C)(C)C)c2C)cc1. The van der Waals surface area contributed by atoms with Crippen molar-refractivity contribution in [2.75, 3.05) is 33.7 Å². The van der Waals surface area contributed by atoms with E-state index in [1.165, 1.54) is 22.1 Å². The molecule has 0 unspecified atom stereocenters. The van der Waals surface area contributed by atoms with Gasteiger partial charge in [0.2, 0.25) is 5.91 Å². The van der Waals surface area contributed by atoms with Gasteiger partial charge in [-0.25, -0.2) is 0 Å². The molecule has 0 radical (unpaired) electrons. The average Bonchev–Trinajstić information content (AvgIpc) is 2.96. The molecule has 7 heteroatoms. The highest BCUT2D eigenvalue weighted by Gasteiger charge is 2.21. The van der Waals surface area contributed by atoms with Crippen LogP contribution in [0.2, 0.25) is 0 Å². The number of hydrogen-bond donors (Lipinski definition) is 0. The lowest BCUT2D eigenvalue weighted by atomic mass is 10.1. The Bertz CT molecular complexity index is 982. The van der Waals surface area contributed by atoms with Gasteiger partial charge in [-0.2, -0.15) is 5.10 Å². The Morgan fingerprint density at radius 3 is 2.27 bits per heavy atom. The molecular weight excluding hydrogens is 416 g/mol. The lowest BCUT2D eigenvalue weighted by Crippen LogP contribution is -2.41. The van der Waals surface area contributed by atoms with Crippen LogP contribution in [0.3, 0.4) is 0 Å². The Morgan fingerprint density at radius 2 is 1.70 bits per heavy atom. The number of aromatic nitrogens is 2. The summed E-state index contributed by atoms with van der Waals surface area (Å²) in [5, 5.41) is 4.66. The van der Waals surface area contributed by atoms with Crippen molar-refractivity contribution in [2.24, 2.45) is 0 Å². The third-order valence-corrected chi connectivity index (χ3v) is 5.15. The van der Waals surface area contributed by atoms with Crippen LogP contribution >= 0.6 is 0 Å². The van der Waals surface area contributed by atoms with Crippen molar-refractivity contribution in [3.8, 4) is 0 Å². The molecular formula is C26H38N4O3. The number of aryl methyl sites for hydroxylation is 2. The summed E-state index contributed by atoms with van der Waals surface area (Å²) in [4.78, 5) is 28.8. The summed E-state index contributed by atoms with van der Waals surface area (Å²) < 4.78 is 7.36. The maximum atomic E-state index is 13.0. The van der Waals surface area contributed by atoms with Crippen molar-refractivity contribution in [1.82, 2.24) is 19.6 Å². The zero-order valence-corrected chi connectivity index (χ0v) is 21.3. The average molecular weight is 455 g/mol. The van der Waals surface area contributed by atoms with Crippen LogP contribution in [0.1, 0.15) is 48.8 Å². The summed E-state index contributed by atoms with van der Waals surface area (Å²) in [6, 6.07) is 8.38. The number of esters is 1. The molecule has 180 valence electrons. The van der Waals surface area contributed by atoms with E-state index < -0.39 is 11.6 Å². The smallest absolute Gasteiger partial charge is 0.326 e. The normalized spacial score (nSPS) is 11.9. The number of hydrogen-bond acceptors (Lipinski definition) is 5. The number of carbonyl (C=O) groups excluding carboxylic acids is 2. The summed E-state index contributed by atoms with van der Waals surface area (Å²) in [6.45, 7) is 13.1. The molecule has 0 aliphatic carbocycles. The first kappa shape index (κ1) is 26.3. The molecule has 33 heavy (non-hydrogen) atoms. The molecule has 1 heterocycles. The van der Waals surface area contributed by atoms with Gasteiger partial charge in [-0.15, -0.1) is 0 Å². The van der Waals surface area contributed by atoms with Crippen LogP contribution < -0.4 is 0 Å². The number of amides is 1. The minimum atomic E-state index is -0.594. The van der Waals surface area contributed by atoms with Gasteiger partial charge in [-0.3, -0.25) is 14.3 Å². The second kappa shape index (κ2) is 11.3. The number of rotatable bonds is 9. The van der Waals surface area contributed by atoms with E-state index in [1.807, 2.05) is 58.3 Å². The standard InChI is InChI=1S/C26H38N4O3/c1-19-9-11-22(12-10-19)17-30-21(3)23(20(2)27-30)13-14-24(31)29(16-15-28(7)8)18-25(32)33-26(4,5)6/h9-14H,15-18H2,1-8H3/b14-13+. The number of carbonyl (C=O) groups is 2. The summed E-state index contributed by atoms with van der Waals surface area (Å²) in [6.07, 6.45) is 3.32. The van der Waals surface area contributed by atoms with Crippen LogP contribution in [0.25, 0.3) is 6.08 Å². The topological polar surface area (TPSA) is 67.7 Å². The lowest BCUT2D eigenvalue weighted by molar-refractivity contribution is -0.158. The molecule has 0 saturated carbocycles. The van der Waals surface area contributed by atoms with Crippen molar-refractivity contribution in [3.05, 3.63) is 58.4 Å². The molecule has 1 amide bonds. The molecule has 2 aromatic rings. The highest BCUT2D eigenvalue weighted by Crippen LogP contribution is 2.17. The predicted molar refractivity (Wildman–Crippen MR) is 132 cm³/mol. The number of benzene rings is 1. The zero-order valence-electron chi connectivity index (χ0n) is 21.3. The molecule has 0 aliphatic heterocycles. The minimum Gasteiger partial charge on any atom is -0.459 e. The van der Waals surface area contributed by atoms with E-state index in [1.54, 1.807) is 6.08 Å². The van der Waals surface area contributed by atoms with E-state index in [4.69, 9.17) is 4.74 Å². The predicted octanol–water partition coefficient (Wildman–Crippen LogP) is 3.60. The maximum absolute atomic E-state index is 13.0. The Balaban J connectivity index is 2.16. The van der Waals surface area contributed by atoms with Gasteiger partial charge in [0.05, 0.1) is 12.2 Å². The van der Waals surface area contributed by atoms with E-state index in [9.17, 15) is 9.59 Å². The quantitative estimate of drug-likeness (QED) is 0.428. The van der Waals surface area contributed by atoms with Crippen LogP contribution in [0.4, 0.5) is 0 Å². The monoisotopic (exact) mass is 454 g/mol. The first-order valence-corrected chi connectivity index (χ1v) is 11.3. The van der Waals surface area contributed by atoms with E-state index in [0.29, 0.717) is 19.6 Å². The fraction of sp³-hybridized carbons (Fsp3) is 0.500. The van der Waals surface area contributed by atoms with Crippen molar-refractivity contribution in [2.45, 2.75) is 53.7 Å². The fourth-order valence-corrected chi connectivity index (χ4v) is 3.35. The Hall–Kier alpha value is -2.93. The first-order chi connectivity index (χ1) is 15.4. The van der Waals surface area contributed by atoms with E-state index >= 15 is 0 Å².